The molecule has 0 bridgehead atoms. The molecule has 2 heterocycles. The van der Waals surface area contributed by atoms with E-state index in [1.807, 2.05) is 106 Å². The zero-order chi connectivity index (χ0) is 23.3. The molecule has 0 spiro atoms. The molecule has 3 aromatic carbocycles. The Morgan fingerprint density at radius 3 is 1.91 bits per heavy atom. The predicted octanol–water partition coefficient (Wildman–Crippen LogP) is 4.42. The maximum atomic E-state index is 13.8. The molecule has 0 saturated carbocycles. The SMILES string of the molecule is Cc1ccccc1N1C(=O)[C@@H]2[C@@H](c3ccc(N(C)C)cc3)N(c3ccccc3C)O[C@H]2C1=O. The van der Waals surface area contributed by atoms with Crippen LogP contribution in [-0.2, 0) is 14.4 Å². The van der Waals surface area contributed by atoms with E-state index < -0.39 is 18.1 Å². The Morgan fingerprint density at radius 2 is 1.33 bits per heavy atom. The molecule has 2 fully saturated rings. The number of hydroxylamine groups is 1. The fourth-order valence-electron chi connectivity index (χ4n) is 4.79. The molecule has 6 heteroatoms. The standard InChI is InChI=1S/C27H27N3O3/c1-17-9-5-7-11-21(17)29-26(31)23-24(19-13-15-20(16-14-19)28(3)4)30(33-25(23)27(29)32)22-12-8-6-10-18(22)2/h5-16,23-25H,1-4H3/t23-,24-,25-/m1/s1. The van der Waals surface area contributed by atoms with Gasteiger partial charge in [-0.25, -0.2) is 9.96 Å². The zero-order valence-electron chi connectivity index (χ0n) is 19.2. The molecule has 3 atom stereocenters. The van der Waals surface area contributed by atoms with Gasteiger partial charge in [-0.05, 0) is 54.8 Å². The molecule has 2 aliphatic rings. The Hall–Kier alpha value is -3.64. The Labute approximate surface area is 193 Å². The molecule has 0 radical (unpaired) electrons. The van der Waals surface area contributed by atoms with Crippen LogP contribution < -0.4 is 14.9 Å². The normalized spacial score (nSPS) is 22.1. The third kappa shape index (κ3) is 3.38. The third-order valence-electron chi connectivity index (χ3n) is 6.58. The van der Waals surface area contributed by atoms with Gasteiger partial charge in [-0.15, -0.1) is 0 Å². The Bertz CT molecular complexity index is 1220. The number of aryl methyl sites for hydroxylation is 2. The highest BCUT2D eigenvalue weighted by molar-refractivity contribution is 6.24. The van der Waals surface area contributed by atoms with Crippen LogP contribution in [0.25, 0.3) is 0 Å². The number of fused-ring (bicyclic) bond motifs is 1. The fourth-order valence-corrected chi connectivity index (χ4v) is 4.79. The van der Waals surface area contributed by atoms with E-state index in [1.54, 1.807) is 5.06 Å². The quantitative estimate of drug-likeness (QED) is 0.561. The van der Waals surface area contributed by atoms with Gasteiger partial charge in [0.15, 0.2) is 6.10 Å². The van der Waals surface area contributed by atoms with Gasteiger partial charge in [-0.2, -0.15) is 0 Å². The van der Waals surface area contributed by atoms with Crippen LogP contribution in [0.3, 0.4) is 0 Å². The second-order valence-corrected chi connectivity index (χ2v) is 8.89. The van der Waals surface area contributed by atoms with Gasteiger partial charge in [0, 0.05) is 19.8 Å². The summed E-state index contributed by atoms with van der Waals surface area (Å²) in [6.45, 7) is 3.91. The number of carbonyl (C=O) groups is 2. The van der Waals surface area contributed by atoms with E-state index in [1.165, 1.54) is 4.90 Å². The molecular weight excluding hydrogens is 414 g/mol. The molecule has 2 aliphatic heterocycles. The van der Waals surface area contributed by atoms with Gasteiger partial charge in [0.25, 0.3) is 5.91 Å². The molecular formula is C27H27N3O3. The monoisotopic (exact) mass is 441 g/mol. The molecule has 3 aromatic rings. The first-order valence-electron chi connectivity index (χ1n) is 11.1. The minimum absolute atomic E-state index is 0.225. The van der Waals surface area contributed by atoms with Crippen LogP contribution in [0, 0.1) is 19.8 Å². The number of nitrogens with zero attached hydrogens (tertiary/aromatic N) is 3. The van der Waals surface area contributed by atoms with Crippen molar-refractivity contribution in [3.8, 4) is 0 Å². The number of amides is 2. The fraction of sp³-hybridized carbons (Fsp3) is 0.259. The van der Waals surface area contributed by atoms with Gasteiger partial charge in [0.1, 0.15) is 5.92 Å². The van der Waals surface area contributed by atoms with Crippen molar-refractivity contribution in [3.63, 3.8) is 0 Å². The summed E-state index contributed by atoms with van der Waals surface area (Å²) in [5.74, 6) is -1.18. The third-order valence-corrected chi connectivity index (χ3v) is 6.58. The summed E-state index contributed by atoms with van der Waals surface area (Å²) >= 11 is 0. The van der Waals surface area contributed by atoms with Crippen molar-refractivity contribution in [2.45, 2.75) is 26.0 Å². The first kappa shape index (κ1) is 21.2. The summed E-state index contributed by atoms with van der Waals surface area (Å²) in [5.41, 5.74) is 5.37. The van der Waals surface area contributed by atoms with Crippen LogP contribution in [0.1, 0.15) is 22.7 Å². The summed E-state index contributed by atoms with van der Waals surface area (Å²) in [4.78, 5) is 36.9. The maximum absolute atomic E-state index is 13.8. The Balaban J connectivity index is 1.60. The van der Waals surface area contributed by atoms with E-state index in [0.29, 0.717) is 5.69 Å². The van der Waals surface area contributed by atoms with Crippen molar-refractivity contribution < 1.29 is 14.4 Å². The van der Waals surface area contributed by atoms with Crippen molar-refractivity contribution >= 4 is 28.9 Å². The highest BCUT2D eigenvalue weighted by atomic mass is 16.7. The number of benzene rings is 3. The summed E-state index contributed by atoms with van der Waals surface area (Å²) in [6.07, 6.45) is -0.866. The minimum atomic E-state index is -0.866. The maximum Gasteiger partial charge on any atom is 0.266 e. The molecule has 0 unspecified atom stereocenters. The van der Waals surface area contributed by atoms with Crippen LogP contribution in [0.5, 0.6) is 0 Å². The number of anilines is 3. The average molecular weight is 442 g/mol. The smallest absolute Gasteiger partial charge is 0.266 e. The molecule has 6 nitrogen and oxygen atoms in total. The molecule has 0 aromatic heterocycles. The molecule has 33 heavy (non-hydrogen) atoms. The van der Waals surface area contributed by atoms with E-state index in [4.69, 9.17) is 4.84 Å². The van der Waals surface area contributed by atoms with Crippen LogP contribution >= 0.6 is 0 Å². The molecule has 168 valence electrons. The van der Waals surface area contributed by atoms with E-state index in [9.17, 15) is 9.59 Å². The first-order valence-corrected chi connectivity index (χ1v) is 11.1. The highest BCUT2D eigenvalue weighted by Gasteiger charge is 2.60. The first-order chi connectivity index (χ1) is 15.9. The van der Waals surface area contributed by atoms with Gasteiger partial charge in [0.2, 0.25) is 5.91 Å². The zero-order valence-corrected chi connectivity index (χ0v) is 19.2. The molecule has 2 saturated heterocycles. The Morgan fingerprint density at radius 1 is 0.758 bits per heavy atom. The molecule has 2 amide bonds. The Kier molecular flexibility index (Phi) is 5.17. The van der Waals surface area contributed by atoms with Gasteiger partial charge in [-0.3, -0.25) is 14.4 Å². The number of rotatable bonds is 4. The second-order valence-electron chi connectivity index (χ2n) is 8.89. The van der Waals surface area contributed by atoms with Crippen LogP contribution in [0.4, 0.5) is 17.1 Å². The van der Waals surface area contributed by atoms with E-state index in [-0.39, 0.29) is 11.8 Å². The number of hydrogen-bond acceptors (Lipinski definition) is 5. The van der Waals surface area contributed by atoms with Crippen molar-refractivity contribution in [1.82, 2.24) is 0 Å². The number of hydrogen-bond donors (Lipinski definition) is 0. The molecule has 5 rings (SSSR count). The van der Waals surface area contributed by atoms with E-state index in [0.717, 1.165) is 28.1 Å². The van der Waals surface area contributed by atoms with Gasteiger partial charge < -0.3 is 4.90 Å². The predicted molar refractivity (Wildman–Crippen MR) is 129 cm³/mol. The van der Waals surface area contributed by atoms with Crippen molar-refractivity contribution in [2.75, 3.05) is 29.0 Å². The number of para-hydroxylation sites is 2. The van der Waals surface area contributed by atoms with Crippen molar-refractivity contribution in [3.05, 3.63) is 89.5 Å². The second kappa shape index (κ2) is 8.05. The lowest BCUT2D eigenvalue weighted by Crippen LogP contribution is -2.37. The van der Waals surface area contributed by atoms with Crippen molar-refractivity contribution in [2.24, 2.45) is 5.92 Å². The minimum Gasteiger partial charge on any atom is -0.378 e. The van der Waals surface area contributed by atoms with Gasteiger partial charge in [-0.1, -0.05) is 48.5 Å². The topological polar surface area (TPSA) is 53.1 Å². The lowest BCUT2D eigenvalue weighted by atomic mass is 9.90. The number of carbonyl (C=O) groups excluding carboxylic acids is 2. The molecule has 0 N–H and O–H groups in total. The van der Waals surface area contributed by atoms with E-state index in [2.05, 4.69) is 0 Å². The lowest BCUT2D eigenvalue weighted by Gasteiger charge is -2.30. The van der Waals surface area contributed by atoms with Crippen LogP contribution in [0.15, 0.2) is 72.8 Å². The summed E-state index contributed by atoms with van der Waals surface area (Å²) < 4.78 is 0. The van der Waals surface area contributed by atoms with E-state index >= 15 is 0 Å². The summed E-state index contributed by atoms with van der Waals surface area (Å²) in [6, 6.07) is 23.0. The summed E-state index contributed by atoms with van der Waals surface area (Å²) in [7, 11) is 3.98. The highest BCUT2D eigenvalue weighted by Crippen LogP contribution is 2.48. The summed E-state index contributed by atoms with van der Waals surface area (Å²) in [5, 5.41) is 1.76. The van der Waals surface area contributed by atoms with Crippen LogP contribution in [-0.4, -0.2) is 32.0 Å². The van der Waals surface area contributed by atoms with Crippen molar-refractivity contribution in [1.29, 1.82) is 0 Å². The van der Waals surface area contributed by atoms with Gasteiger partial charge in [0.05, 0.1) is 17.4 Å². The van der Waals surface area contributed by atoms with Gasteiger partial charge >= 0.3 is 0 Å². The average Bonchev–Trinajstić information content (AvgIpc) is 3.31. The molecule has 0 aliphatic carbocycles. The lowest BCUT2D eigenvalue weighted by molar-refractivity contribution is -0.126. The van der Waals surface area contributed by atoms with Crippen LogP contribution in [0.2, 0.25) is 0 Å². The number of imide groups is 1. The largest absolute Gasteiger partial charge is 0.378 e.